The minimum absolute atomic E-state index is 0.00787. The lowest BCUT2D eigenvalue weighted by molar-refractivity contribution is -0.452. The maximum atomic E-state index is 10.5. The third-order valence-electron chi connectivity index (χ3n) is 5.49. The molecule has 0 aromatic heterocycles. The first kappa shape index (κ1) is 42.9. The van der Waals surface area contributed by atoms with E-state index in [9.17, 15) is 20.4 Å². The van der Waals surface area contributed by atoms with Crippen LogP contribution in [0.15, 0.2) is 24.3 Å². The van der Waals surface area contributed by atoms with E-state index in [1.807, 2.05) is 27.7 Å². The van der Waals surface area contributed by atoms with Crippen LogP contribution in [0.4, 0.5) is 0 Å². The molecule has 14 heteroatoms. The molecule has 0 aliphatic heterocycles. The second kappa shape index (κ2) is 29.3. The van der Waals surface area contributed by atoms with Crippen LogP contribution in [0.25, 0.3) is 0 Å². The number of ether oxygens (including phenoxy) is 4. The van der Waals surface area contributed by atoms with E-state index in [4.69, 9.17) is 38.7 Å². The molecule has 0 heterocycles. The van der Waals surface area contributed by atoms with Crippen molar-refractivity contribution in [2.75, 3.05) is 92.2 Å². The van der Waals surface area contributed by atoms with E-state index in [2.05, 4.69) is 13.2 Å². The number of hydroxylamine groups is 4. The summed E-state index contributed by atoms with van der Waals surface area (Å²) in [7, 11) is 0. The summed E-state index contributed by atoms with van der Waals surface area (Å²) in [6.07, 6.45) is 0.0837. The molecule has 262 valence electrons. The van der Waals surface area contributed by atoms with Gasteiger partial charge in [-0.3, -0.25) is 0 Å². The van der Waals surface area contributed by atoms with Crippen LogP contribution >= 0.6 is 0 Å². The average molecular weight is 641 g/mol. The highest BCUT2D eigenvalue weighted by molar-refractivity contribution is 4.88. The average Bonchev–Trinajstić information content (AvgIpc) is 2.95. The van der Waals surface area contributed by atoms with E-state index in [-0.39, 0.29) is 65.8 Å². The predicted octanol–water partition coefficient (Wildman–Crippen LogP) is 1.58. The Labute approximate surface area is 263 Å². The zero-order valence-electron chi connectivity index (χ0n) is 27.4. The Morgan fingerprint density at radius 1 is 0.568 bits per heavy atom. The highest BCUT2D eigenvalue weighted by Crippen LogP contribution is 2.04. The van der Waals surface area contributed by atoms with Crippen molar-refractivity contribution < 1.29 is 59.1 Å². The second-order valence-electron chi connectivity index (χ2n) is 10.9. The fourth-order valence-electron chi connectivity index (χ4n) is 3.25. The first-order chi connectivity index (χ1) is 21.1. The monoisotopic (exact) mass is 640 g/mol. The van der Waals surface area contributed by atoms with Crippen LogP contribution in [0.2, 0.25) is 0 Å². The molecule has 0 aliphatic rings. The number of rotatable bonds is 33. The second-order valence-corrected chi connectivity index (χ2v) is 10.9. The van der Waals surface area contributed by atoms with E-state index >= 15 is 0 Å². The van der Waals surface area contributed by atoms with Crippen molar-refractivity contribution in [3.05, 3.63) is 24.3 Å². The van der Waals surface area contributed by atoms with E-state index in [1.54, 1.807) is 0 Å². The van der Waals surface area contributed by atoms with Gasteiger partial charge in [-0.1, -0.05) is 51.0 Å². The Balaban J connectivity index is 5.11. The maximum Gasteiger partial charge on any atom is 0.112 e. The molecule has 0 radical (unpaired) electrons. The van der Waals surface area contributed by atoms with Gasteiger partial charge in [0.25, 0.3) is 0 Å². The Morgan fingerprint density at radius 2 is 0.932 bits per heavy atom. The van der Waals surface area contributed by atoms with Gasteiger partial charge >= 0.3 is 0 Å². The van der Waals surface area contributed by atoms with Crippen molar-refractivity contribution in [1.29, 1.82) is 0 Å². The van der Waals surface area contributed by atoms with Gasteiger partial charge < -0.3 is 39.4 Å². The smallest absolute Gasteiger partial charge is 0.112 e. The number of nitrogens with zero attached hydrogens (tertiary/aromatic N) is 2. The molecule has 0 spiro atoms. The SMILES string of the molecule is C=C(C)COCC(O)CN(CCN(CC(O)COCC(=C)C)OOCC(O)COCCCC)OOCC(O)COCCCC. The molecule has 0 saturated carbocycles. The molecular weight excluding hydrogens is 580 g/mol. The lowest BCUT2D eigenvalue weighted by atomic mass is 10.3. The number of hydrogen-bond acceptors (Lipinski definition) is 14. The van der Waals surface area contributed by atoms with Crippen LogP contribution in [0.1, 0.15) is 53.4 Å². The molecule has 14 nitrogen and oxygen atoms in total. The van der Waals surface area contributed by atoms with Crippen molar-refractivity contribution in [3.63, 3.8) is 0 Å². The number of hydrogen-bond donors (Lipinski definition) is 4. The van der Waals surface area contributed by atoms with Crippen molar-refractivity contribution in [2.24, 2.45) is 0 Å². The highest BCUT2D eigenvalue weighted by atomic mass is 17.3. The topological polar surface area (TPSA) is 161 Å². The van der Waals surface area contributed by atoms with Gasteiger partial charge in [0.2, 0.25) is 0 Å². The van der Waals surface area contributed by atoms with Gasteiger partial charge in [0, 0.05) is 26.3 Å². The van der Waals surface area contributed by atoms with Gasteiger partial charge in [-0.15, -0.1) is 9.98 Å². The molecule has 0 amide bonds. The summed E-state index contributed by atoms with van der Waals surface area (Å²) >= 11 is 0. The fourth-order valence-corrected chi connectivity index (χ4v) is 3.25. The minimum atomic E-state index is -0.935. The Hall–Kier alpha value is -1.08. The standard InChI is InChI=1S/C30H60N2O12/c1-7-9-13-37-21-29(35)23-41-43-31(15-27(33)19-39-17-25(3)4)11-12-32(16-28(34)20-40-18-26(5)6)44-42-24-30(36)22-38-14-10-8-2/h27-30,33-36H,3,5,7-24H2,1-2,4,6H3. The normalized spacial score (nSPS) is 14.7. The predicted molar refractivity (Wildman–Crippen MR) is 164 cm³/mol. The molecular formula is C30H60N2O12. The molecule has 4 unspecified atom stereocenters. The molecule has 4 N–H and O–H groups in total. The van der Waals surface area contributed by atoms with Crippen LogP contribution in [-0.4, -0.2) is 147 Å². The Kier molecular flexibility index (Phi) is 28.6. The van der Waals surface area contributed by atoms with E-state index in [0.717, 1.165) is 36.8 Å². The first-order valence-corrected chi connectivity index (χ1v) is 15.5. The summed E-state index contributed by atoms with van der Waals surface area (Å²) in [5.41, 5.74) is 1.64. The van der Waals surface area contributed by atoms with Crippen LogP contribution < -0.4 is 0 Å². The summed E-state index contributed by atoms with van der Waals surface area (Å²) < 4.78 is 21.7. The molecule has 0 saturated heterocycles. The molecule has 44 heavy (non-hydrogen) atoms. The van der Waals surface area contributed by atoms with Crippen molar-refractivity contribution in [2.45, 2.75) is 77.8 Å². The third-order valence-corrected chi connectivity index (χ3v) is 5.49. The van der Waals surface area contributed by atoms with Gasteiger partial charge in [0.05, 0.1) is 64.9 Å². The van der Waals surface area contributed by atoms with Gasteiger partial charge in [0.1, 0.15) is 25.4 Å². The van der Waals surface area contributed by atoms with E-state index < -0.39 is 24.4 Å². The summed E-state index contributed by atoms with van der Waals surface area (Å²) in [5, 5.41) is 43.9. The molecule has 0 aromatic rings. The summed E-state index contributed by atoms with van der Waals surface area (Å²) in [6, 6.07) is 0. The number of unbranched alkanes of at least 4 members (excludes halogenated alkanes) is 2. The van der Waals surface area contributed by atoms with Crippen LogP contribution in [0.3, 0.4) is 0 Å². The number of aliphatic hydroxyl groups excluding tert-OH is 4. The van der Waals surface area contributed by atoms with E-state index in [0.29, 0.717) is 26.4 Å². The molecule has 0 bridgehead atoms. The molecule has 4 atom stereocenters. The van der Waals surface area contributed by atoms with Crippen LogP contribution in [-0.2, 0) is 38.7 Å². The Bertz CT molecular complexity index is 634. The number of aliphatic hydroxyl groups is 4. The lowest BCUT2D eigenvalue weighted by Crippen LogP contribution is -2.43. The van der Waals surface area contributed by atoms with Crippen molar-refractivity contribution >= 4 is 0 Å². The minimum Gasteiger partial charge on any atom is -0.389 e. The summed E-state index contributed by atoms with van der Waals surface area (Å²) in [5.74, 6) is 0. The van der Waals surface area contributed by atoms with Gasteiger partial charge in [-0.2, -0.15) is 10.1 Å². The van der Waals surface area contributed by atoms with Gasteiger partial charge in [0.15, 0.2) is 0 Å². The summed E-state index contributed by atoms with van der Waals surface area (Å²) in [4.78, 5) is 21.3. The fraction of sp³-hybridized carbons (Fsp3) is 0.867. The maximum absolute atomic E-state index is 10.5. The van der Waals surface area contributed by atoms with Crippen molar-refractivity contribution in [1.82, 2.24) is 10.1 Å². The molecule has 0 rings (SSSR count). The van der Waals surface area contributed by atoms with Crippen LogP contribution in [0, 0.1) is 0 Å². The molecule has 0 fully saturated rings. The molecule has 0 aromatic carbocycles. The zero-order chi connectivity index (χ0) is 33.0. The van der Waals surface area contributed by atoms with Gasteiger partial charge in [-0.05, 0) is 26.7 Å². The summed E-state index contributed by atoms with van der Waals surface area (Å²) in [6.45, 7) is 17.1. The molecule has 0 aliphatic carbocycles. The zero-order valence-corrected chi connectivity index (χ0v) is 27.4. The largest absolute Gasteiger partial charge is 0.389 e. The lowest BCUT2D eigenvalue weighted by Gasteiger charge is -2.27. The van der Waals surface area contributed by atoms with Gasteiger partial charge in [-0.25, -0.2) is 9.78 Å². The Morgan fingerprint density at radius 3 is 1.27 bits per heavy atom. The van der Waals surface area contributed by atoms with Crippen LogP contribution in [0.5, 0.6) is 0 Å². The van der Waals surface area contributed by atoms with Crippen molar-refractivity contribution in [3.8, 4) is 0 Å². The van der Waals surface area contributed by atoms with E-state index in [1.165, 1.54) is 10.1 Å². The third kappa shape index (κ3) is 28.4. The highest BCUT2D eigenvalue weighted by Gasteiger charge is 2.20. The first-order valence-electron chi connectivity index (χ1n) is 15.5. The quantitative estimate of drug-likeness (QED) is 0.0354.